The summed E-state index contributed by atoms with van der Waals surface area (Å²) in [6.45, 7) is 0.645. The lowest BCUT2D eigenvalue weighted by Crippen LogP contribution is -2.32. The number of halogens is 1. The molecule has 0 aliphatic carbocycles. The van der Waals surface area contributed by atoms with Crippen LogP contribution in [0.1, 0.15) is 11.1 Å². The van der Waals surface area contributed by atoms with Gasteiger partial charge in [0.15, 0.2) is 0 Å². The summed E-state index contributed by atoms with van der Waals surface area (Å²) in [6.07, 6.45) is 1.75. The second kappa shape index (κ2) is 9.12. The molecule has 0 saturated heterocycles. The molecular formula is C20H20FN3O4. The number of nitrogens with one attached hydrogen (secondary N) is 1. The summed E-state index contributed by atoms with van der Waals surface area (Å²) < 4.78 is 25.5. The standard InChI is InChI=1S/C20H20FN3O4/c21-16-4-2-6-18(11-16)28-17-5-1-3-14(10-17)9-15-12-24(13-27-8-7-22)20(26)23-19(15)25/h1-6,10-12H,7-9,13,22H2,(H,23,25,26). The van der Waals surface area contributed by atoms with Crippen molar-refractivity contribution >= 4 is 0 Å². The van der Waals surface area contributed by atoms with Crippen LogP contribution in [0, 0.1) is 5.82 Å². The quantitative estimate of drug-likeness (QED) is 0.578. The van der Waals surface area contributed by atoms with E-state index >= 15 is 0 Å². The van der Waals surface area contributed by atoms with Crippen molar-refractivity contribution in [2.24, 2.45) is 5.73 Å². The van der Waals surface area contributed by atoms with E-state index in [4.69, 9.17) is 15.2 Å². The van der Waals surface area contributed by atoms with Crippen LogP contribution in [0.4, 0.5) is 4.39 Å². The lowest BCUT2D eigenvalue weighted by molar-refractivity contribution is 0.0795. The Kier molecular flexibility index (Phi) is 6.36. The third kappa shape index (κ3) is 5.15. The van der Waals surface area contributed by atoms with Crippen molar-refractivity contribution in [3.63, 3.8) is 0 Å². The number of hydrogen-bond donors (Lipinski definition) is 2. The molecular weight excluding hydrogens is 365 g/mol. The first-order valence-corrected chi connectivity index (χ1v) is 8.68. The largest absolute Gasteiger partial charge is 0.457 e. The second-order valence-corrected chi connectivity index (χ2v) is 6.09. The van der Waals surface area contributed by atoms with Crippen LogP contribution in [0.2, 0.25) is 0 Å². The highest BCUT2D eigenvalue weighted by molar-refractivity contribution is 5.35. The van der Waals surface area contributed by atoms with Gasteiger partial charge in [-0.25, -0.2) is 9.18 Å². The van der Waals surface area contributed by atoms with E-state index < -0.39 is 11.2 Å². The van der Waals surface area contributed by atoms with Gasteiger partial charge in [-0.1, -0.05) is 18.2 Å². The van der Waals surface area contributed by atoms with Crippen molar-refractivity contribution in [1.82, 2.24) is 9.55 Å². The number of nitrogens with zero attached hydrogens (tertiary/aromatic N) is 1. The Bertz CT molecular complexity index is 1060. The fourth-order valence-corrected chi connectivity index (χ4v) is 2.63. The topological polar surface area (TPSA) is 99.3 Å². The van der Waals surface area contributed by atoms with Gasteiger partial charge in [0.05, 0.1) is 6.61 Å². The van der Waals surface area contributed by atoms with Crippen molar-refractivity contribution in [1.29, 1.82) is 0 Å². The van der Waals surface area contributed by atoms with Crippen LogP contribution in [-0.4, -0.2) is 22.7 Å². The Morgan fingerprint density at radius 1 is 1.07 bits per heavy atom. The van der Waals surface area contributed by atoms with Crippen LogP contribution < -0.4 is 21.7 Å². The Morgan fingerprint density at radius 2 is 1.82 bits per heavy atom. The van der Waals surface area contributed by atoms with E-state index in [0.717, 1.165) is 5.56 Å². The van der Waals surface area contributed by atoms with Crippen molar-refractivity contribution in [3.8, 4) is 11.5 Å². The maximum atomic E-state index is 13.3. The van der Waals surface area contributed by atoms with Crippen LogP contribution in [0.5, 0.6) is 11.5 Å². The van der Waals surface area contributed by atoms with Gasteiger partial charge in [0.25, 0.3) is 5.56 Å². The van der Waals surface area contributed by atoms with Crippen molar-refractivity contribution < 1.29 is 13.9 Å². The molecule has 0 atom stereocenters. The minimum Gasteiger partial charge on any atom is -0.457 e. The van der Waals surface area contributed by atoms with Crippen LogP contribution in [0.15, 0.2) is 64.3 Å². The van der Waals surface area contributed by atoms with Crippen LogP contribution in [0.3, 0.4) is 0 Å². The third-order valence-electron chi connectivity index (χ3n) is 3.90. The minimum atomic E-state index is -0.547. The molecule has 7 nitrogen and oxygen atoms in total. The average molecular weight is 385 g/mol. The van der Waals surface area contributed by atoms with Gasteiger partial charge in [0, 0.05) is 30.8 Å². The molecule has 0 aliphatic rings. The van der Waals surface area contributed by atoms with Crippen LogP contribution in [0.25, 0.3) is 0 Å². The summed E-state index contributed by atoms with van der Waals surface area (Å²) in [4.78, 5) is 26.3. The van der Waals surface area contributed by atoms with E-state index in [-0.39, 0.29) is 19.0 Å². The van der Waals surface area contributed by atoms with Gasteiger partial charge in [-0.3, -0.25) is 14.3 Å². The number of ether oxygens (including phenoxy) is 2. The molecule has 0 radical (unpaired) electrons. The third-order valence-corrected chi connectivity index (χ3v) is 3.90. The van der Waals surface area contributed by atoms with E-state index in [9.17, 15) is 14.0 Å². The number of H-pyrrole nitrogens is 1. The maximum Gasteiger partial charge on any atom is 0.330 e. The molecule has 146 valence electrons. The zero-order valence-corrected chi connectivity index (χ0v) is 15.1. The highest BCUT2D eigenvalue weighted by Gasteiger charge is 2.08. The molecule has 0 unspecified atom stereocenters. The molecule has 0 spiro atoms. The summed E-state index contributed by atoms with van der Waals surface area (Å²) in [7, 11) is 0. The Balaban J connectivity index is 1.79. The zero-order valence-electron chi connectivity index (χ0n) is 15.1. The molecule has 3 aromatic rings. The molecule has 0 fully saturated rings. The van der Waals surface area contributed by atoms with E-state index in [0.29, 0.717) is 30.2 Å². The Morgan fingerprint density at radius 3 is 2.57 bits per heavy atom. The van der Waals surface area contributed by atoms with Crippen molar-refractivity contribution in [2.75, 3.05) is 13.2 Å². The highest BCUT2D eigenvalue weighted by atomic mass is 19.1. The number of aromatic amines is 1. The number of nitrogens with two attached hydrogens (primary N) is 1. The summed E-state index contributed by atoms with van der Waals surface area (Å²) in [6, 6.07) is 12.9. The molecule has 1 heterocycles. The SMILES string of the molecule is NCCOCn1cc(Cc2cccc(Oc3cccc(F)c3)c2)c(=O)[nH]c1=O. The number of aromatic nitrogens is 2. The smallest absolute Gasteiger partial charge is 0.330 e. The molecule has 1 aromatic heterocycles. The predicted molar refractivity (Wildman–Crippen MR) is 102 cm³/mol. The predicted octanol–water partition coefficient (Wildman–Crippen LogP) is 1.99. The molecule has 2 aromatic carbocycles. The zero-order chi connectivity index (χ0) is 19.9. The Hall–Kier alpha value is -3.23. The van der Waals surface area contributed by atoms with E-state index in [1.807, 2.05) is 6.07 Å². The fraction of sp³-hybridized carbons (Fsp3) is 0.200. The normalized spacial score (nSPS) is 10.8. The lowest BCUT2D eigenvalue weighted by Gasteiger charge is -2.10. The monoisotopic (exact) mass is 385 g/mol. The molecule has 0 aliphatic heterocycles. The summed E-state index contributed by atoms with van der Waals surface area (Å²) >= 11 is 0. The Labute approximate surface area is 160 Å². The molecule has 0 amide bonds. The molecule has 3 rings (SSSR count). The van der Waals surface area contributed by atoms with E-state index in [1.54, 1.807) is 30.3 Å². The number of benzene rings is 2. The summed E-state index contributed by atoms with van der Waals surface area (Å²) in [5, 5.41) is 0. The minimum absolute atomic E-state index is 0.00252. The van der Waals surface area contributed by atoms with E-state index in [1.165, 1.54) is 22.9 Å². The van der Waals surface area contributed by atoms with Crippen molar-refractivity contribution in [2.45, 2.75) is 13.2 Å². The molecule has 3 N–H and O–H groups in total. The van der Waals surface area contributed by atoms with Gasteiger partial charge >= 0.3 is 5.69 Å². The van der Waals surface area contributed by atoms with Gasteiger partial charge in [0.1, 0.15) is 24.0 Å². The average Bonchev–Trinajstić information content (AvgIpc) is 2.66. The fourth-order valence-electron chi connectivity index (χ4n) is 2.63. The number of hydrogen-bond acceptors (Lipinski definition) is 5. The number of rotatable bonds is 8. The van der Waals surface area contributed by atoms with Gasteiger partial charge in [-0.05, 0) is 29.8 Å². The molecule has 0 saturated carbocycles. The summed E-state index contributed by atoms with van der Waals surface area (Å²) in [5.41, 5.74) is 5.55. The van der Waals surface area contributed by atoms with E-state index in [2.05, 4.69) is 4.98 Å². The van der Waals surface area contributed by atoms with Gasteiger partial charge in [-0.2, -0.15) is 0 Å². The van der Waals surface area contributed by atoms with Crippen molar-refractivity contribution in [3.05, 3.63) is 92.5 Å². The van der Waals surface area contributed by atoms with Crippen LogP contribution in [-0.2, 0) is 17.9 Å². The lowest BCUT2D eigenvalue weighted by atomic mass is 10.1. The first kappa shape index (κ1) is 19.5. The van der Waals surface area contributed by atoms with Crippen LogP contribution >= 0.6 is 0 Å². The van der Waals surface area contributed by atoms with Gasteiger partial charge in [-0.15, -0.1) is 0 Å². The maximum absolute atomic E-state index is 13.3. The molecule has 0 bridgehead atoms. The second-order valence-electron chi connectivity index (χ2n) is 6.09. The van der Waals surface area contributed by atoms with Gasteiger partial charge < -0.3 is 15.2 Å². The first-order chi connectivity index (χ1) is 13.5. The summed E-state index contributed by atoms with van der Waals surface area (Å²) in [5.74, 6) is 0.499. The first-order valence-electron chi connectivity index (χ1n) is 8.68. The molecule has 8 heteroatoms. The van der Waals surface area contributed by atoms with Gasteiger partial charge in [0.2, 0.25) is 0 Å². The highest BCUT2D eigenvalue weighted by Crippen LogP contribution is 2.23. The molecule has 28 heavy (non-hydrogen) atoms.